The lowest BCUT2D eigenvalue weighted by Gasteiger charge is -2.19. The van der Waals surface area contributed by atoms with Gasteiger partial charge in [-0.15, -0.1) is 0 Å². The number of benzene rings is 1. The van der Waals surface area contributed by atoms with Gasteiger partial charge in [0.25, 0.3) is 0 Å². The number of nitrogens with two attached hydrogens (primary N) is 1. The average molecular weight is 277 g/mol. The van der Waals surface area contributed by atoms with Gasteiger partial charge in [0.2, 0.25) is 11.8 Å². The van der Waals surface area contributed by atoms with Crippen LogP contribution in [0.1, 0.15) is 34.1 Å². The van der Waals surface area contributed by atoms with Crippen LogP contribution in [0.4, 0.5) is 11.4 Å². The summed E-state index contributed by atoms with van der Waals surface area (Å²) in [5, 5.41) is 5.90. The summed E-state index contributed by atoms with van der Waals surface area (Å²) in [6.07, 6.45) is 0.605. The second-order valence-corrected chi connectivity index (χ2v) is 5.79. The maximum atomic E-state index is 11.9. The summed E-state index contributed by atoms with van der Waals surface area (Å²) in [5.41, 5.74) is 6.29. The summed E-state index contributed by atoms with van der Waals surface area (Å²) >= 11 is 0. The molecule has 0 saturated carbocycles. The van der Waals surface area contributed by atoms with Gasteiger partial charge in [0, 0.05) is 16.8 Å². The Morgan fingerprint density at radius 2 is 1.85 bits per heavy atom. The maximum absolute atomic E-state index is 11.9. The SMILES string of the molecule is CCC(Nc1cccc(NC(=O)C(C)(C)C)c1)C(N)=O. The Kier molecular flexibility index (Phi) is 5.13. The molecular formula is C15H23N3O2. The molecule has 110 valence electrons. The summed E-state index contributed by atoms with van der Waals surface area (Å²) in [5.74, 6) is -0.451. The van der Waals surface area contributed by atoms with Crippen LogP contribution in [0.3, 0.4) is 0 Å². The Morgan fingerprint density at radius 3 is 2.35 bits per heavy atom. The molecule has 5 nitrogen and oxygen atoms in total. The second-order valence-electron chi connectivity index (χ2n) is 5.79. The number of carbonyl (C=O) groups is 2. The fourth-order valence-electron chi connectivity index (χ4n) is 1.58. The number of rotatable bonds is 5. The van der Waals surface area contributed by atoms with Gasteiger partial charge in [-0.3, -0.25) is 9.59 Å². The van der Waals surface area contributed by atoms with Crippen molar-refractivity contribution in [2.24, 2.45) is 11.1 Å². The lowest BCUT2D eigenvalue weighted by Crippen LogP contribution is -2.34. The lowest BCUT2D eigenvalue weighted by atomic mass is 9.95. The van der Waals surface area contributed by atoms with Crippen LogP contribution in [0.2, 0.25) is 0 Å². The fraction of sp³-hybridized carbons (Fsp3) is 0.467. The van der Waals surface area contributed by atoms with Crippen LogP contribution in [-0.4, -0.2) is 17.9 Å². The molecule has 1 unspecified atom stereocenters. The highest BCUT2D eigenvalue weighted by molar-refractivity contribution is 5.95. The molecule has 0 spiro atoms. The molecule has 0 heterocycles. The van der Waals surface area contributed by atoms with Crippen molar-refractivity contribution < 1.29 is 9.59 Å². The number of anilines is 2. The maximum Gasteiger partial charge on any atom is 0.239 e. The summed E-state index contributed by atoms with van der Waals surface area (Å²) < 4.78 is 0. The molecule has 1 aromatic rings. The first-order valence-electron chi connectivity index (χ1n) is 6.71. The van der Waals surface area contributed by atoms with E-state index in [0.29, 0.717) is 12.1 Å². The van der Waals surface area contributed by atoms with Gasteiger partial charge in [0.1, 0.15) is 6.04 Å². The molecule has 0 aliphatic rings. The van der Waals surface area contributed by atoms with E-state index in [4.69, 9.17) is 5.73 Å². The van der Waals surface area contributed by atoms with E-state index in [2.05, 4.69) is 10.6 Å². The third-order valence-corrected chi connectivity index (χ3v) is 2.89. The van der Waals surface area contributed by atoms with Crippen molar-refractivity contribution in [1.29, 1.82) is 0 Å². The molecule has 0 fully saturated rings. The Morgan fingerprint density at radius 1 is 1.25 bits per heavy atom. The van der Waals surface area contributed by atoms with Gasteiger partial charge in [0.15, 0.2) is 0 Å². The standard InChI is InChI=1S/C15H23N3O2/c1-5-12(13(16)19)17-10-7-6-8-11(9-10)18-14(20)15(2,3)4/h6-9,12,17H,5H2,1-4H3,(H2,16,19)(H,18,20). The zero-order chi connectivity index (χ0) is 15.3. The van der Waals surface area contributed by atoms with Crippen LogP contribution in [0.15, 0.2) is 24.3 Å². The predicted octanol–water partition coefficient (Wildman–Crippen LogP) is 2.35. The first-order valence-corrected chi connectivity index (χ1v) is 6.71. The molecule has 20 heavy (non-hydrogen) atoms. The lowest BCUT2D eigenvalue weighted by molar-refractivity contribution is -0.123. The first-order chi connectivity index (χ1) is 9.24. The van der Waals surface area contributed by atoms with Crippen molar-refractivity contribution in [2.75, 3.05) is 10.6 Å². The molecule has 2 amide bonds. The van der Waals surface area contributed by atoms with Gasteiger partial charge < -0.3 is 16.4 Å². The smallest absolute Gasteiger partial charge is 0.239 e. The molecular weight excluding hydrogens is 254 g/mol. The van der Waals surface area contributed by atoms with Crippen LogP contribution in [0.5, 0.6) is 0 Å². The van der Waals surface area contributed by atoms with Crippen molar-refractivity contribution in [3.8, 4) is 0 Å². The van der Waals surface area contributed by atoms with E-state index >= 15 is 0 Å². The van der Waals surface area contributed by atoms with E-state index in [1.165, 1.54) is 0 Å². The van der Waals surface area contributed by atoms with Crippen LogP contribution in [-0.2, 0) is 9.59 Å². The van der Waals surface area contributed by atoms with Crippen LogP contribution in [0.25, 0.3) is 0 Å². The van der Waals surface area contributed by atoms with Gasteiger partial charge in [0.05, 0.1) is 0 Å². The highest BCUT2D eigenvalue weighted by Crippen LogP contribution is 2.20. The summed E-state index contributed by atoms with van der Waals surface area (Å²) in [4.78, 5) is 23.1. The number of hydrogen-bond acceptors (Lipinski definition) is 3. The first kappa shape index (κ1) is 16.0. The van der Waals surface area contributed by atoms with Gasteiger partial charge in [-0.1, -0.05) is 33.8 Å². The number of primary amides is 1. The number of amides is 2. The minimum Gasteiger partial charge on any atom is -0.374 e. The van der Waals surface area contributed by atoms with Crippen LogP contribution >= 0.6 is 0 Å². The molecule has 0 aliphatic carbocycles. The number of hydrogen-bond donors (Lipinski definition) is 3. The third kappa shape index (κ3) is 4.57. The minimum atomic E-state index is -0.456. The van der Waals surface area contributed by atoms with Gasteiger partial charge in [-0.2, -0.15) is 0 Å². The van der Waals surface area contributed by atoms with Crippen molar-refractivity contribution >= 4 is 23.2 Å². The van der Waals surface area contributed by atoms with Crippen molar-refractivity contribution in [3.05, 3.63) is 24.3 Å². The monoisotopic (exact) mass is 277 g/mol. The van der Waals surface area contributed by atoms with E-state index in [-0.39, 0.29) is 5.91 Å². The molecule has 1 rings (SSSR count). The highest BCUT2D eigenvalue weighted by atomic mass is 16.2. The van der Waals surface area contributed by atoms with E-state index in [0.717, 1.165) is 5.69 Å². The minimum absolute atomic E-state index is 0.0587. The van der Waals surface area contributed by atoms with Gasteiger partial charge in [-0.25, -0.2) is 0 Å². The van der Waals surface area contributed by atoms with E-state index < -0.39 is 17.4 Å². The molecule has 0 aromatic heterocycles. The molecule has 0 saturated heterocycles. The third-order valence-electron chi connectivity index (χ3n) is 2.89. The average Bonchev–Trinajstić information content (AvgIpc) is 2.34. The molecule has 0 aliphatic heterocycles. The predicted molar refractivity (Wildman–Crippen MR) is 81.4 cm³/mol. The topological polar surface area (TPSA) is 84.2 Å². The zero-order valence-corrected chi connectivity index (χ0v) is 12.5. The summed E-state index contributed by atoms with van der Waals surface area (Å²) in [6.45, 7) is 7.44. The highest BCUT2D eigenvalue weighted by Gasteiger charge is 2.21. The molecule has 1 atom stereocenters. The van der Waals surface area contributed by atoms with Crippen molar-refractivity contribution in [1.82, 2.24) is 0 Å². The fourth-order valence-corrected chi connectivity index (χ4v) is 1.58. The van der Waals surface area contributed by atoms with Crippen molar-refractivity contribution in [2.45, 2.75) is 40.2 Å². The summed E-state index contributed by atoms with van der Waals surface area (Å²) in [6, 6.07) is 6.82. The second kappa shape index (κ2) is 6.41. The van der Waals surface area contributed by atoms with Crippen LogP contribution < -0.4 is 16.4 Å². The van der Waals surface area contributed by atoms with Gasteiger partial charge in [-0.05, 0) is 24.6 Å². The van der Waals surface area contributed by atoms with E-state index in [1.54, 1.807) is 12.1 Å². The van der Waals surface area contributed by atoms with Crippen LogP contribution in [0, 0.1) is 5.41 Å². The number of carbonyl (C=O) groups excluding carboxylic acids is 2. The molecule has 0 bridgehead atoms. The van der Waals surface area contributed by atoms with Gasteiger partial charge >= 0.3 is 0 Å². The summed E-state index contributed by atoms with van der Waals surface area (Å²) in [7, 11) is 0. The zero-order valence-electron chi connectivity index (χ0n) is 12.5. The largest absolute Gasteiger partial charge is 0.374 e. The number of nitrogens with one attached hydrogen (secondary N) is 2. The van der Waals surface area contributed by atoms with E-state index in [1.807, 2.05) is 39.8 Å². The Balaban J connectivity index is 2.81. The normalized spacial score (nSPS) is 12.6. The molecule has 5 heteroatoms. The Labute approximate surface area is 119 Å². The Hall–Kier alpha value is -2.04. The Bertz CT molecular complexity index is 492. The molecule has 1 aromatic carbocycles. The van der Waals surface area contributed by atoms with E-state index in [9.17, 15) is 9.59 Å². The quantitative estimate of drug-likeness (QED) is 0.772. The molecule has 4 N–H and O–H groups in total. The van der Waals surface area contributed by atoms with Crippen molar-refractivity contribution in [3.63, 3.8) is 0 Å². The molecule has 0 radical (unpaired) electrons.